The van der Waals surface area contributed by atoms with E-state index in [4.69, 9.17) is 14.2 Å². The fourth-order valence-corrected chi connectivity index (χ4v) is 1.78. The molecular formula is C12H23NO4. The summed E-state index contributed by atoms with van der Waals surface area (Å²) < 4.78 is 15.9. The first-order valence-electron chi connectivity index (χ1n) is 6.25. The maximum absolute atomic E-state index is 11.3. The van der Waals surface area contributed by atoms with E-state index in [0.717, 1.165) is 19.4 Å². The van der Waals surface area contributed by atoms with Gasteiger partial charge in [-0.2, -0.15) is 0 Å². The fraction of sp³-hybridized carbons (Fsp3) is 0.917. The summed E-state index contributed by atoms with van der Waals surface area (Å²) in [7, 11) is 0. The van der Waals surface area contributed by atoms with Gasteiger partial charge < -0.3 is 19.5 Å². The average molecular weight is 245 g/mol. The quantitative estimate of drug-likeness (QED) is 0.537. The van der Waals surface area contributed by atoms with Crippen molar-refractivity contribution in [1.82, 2.24) is 5.32 Å². The average Bonchev–Trinajstić information content (AvgIpc) is 2.72. The van der Waals surface area contributed by atoms with E-state index < -0.39 is 5.79 Å². The number of esters is 1. The number of hydrogen-bond acceptors (Lipinski definition) is 5. The number of hydrogen-bond donors (Lipinski definition) is 1. The number of carbonyl (C=O) groups excluding carboxylic acids is 1. The number of rotatable bonds is 7. The molecule has 0 bridgehead atoms. The van der Waals surface area contributed by atoms with Crippen LogP contribution in [0, 0.1) is 0 Å². The van der Waals surface area contributed by atoms with Gasteiger partial charge in [0.15, 0.2) is 5.79 Å². The monoisotopic (exact) mass is 245 g/mol. The zero-order valence-electron chi connectivity index (χ0n) is 11.0. The zero-order chi connectivity index (χ0) is 12.7. The molecular weight excluding hydrogens is 222 g/mol. The standard InChI is InChI=1S/C12H23NO4/c1-4-15-11(14)10(2)13-7-5-6-12(3)16-8-9-17-12/h10,13H,4-9H2,1-3H3. The largest absolute Gasteiger partial charge is 0.465 e. The Balaban J connectivity index is 2.09. The Morgan fingerprint density at radius 1 is 1.47 bits per heavy atom. The van der Waals surface area contributed by atoms with Crippen LogP contribution >= 0.6 is 0 Å². The van der Waals surface area contributed by atoms with Gasteiger partial charge in [0.25, 0.3) is 0 Å². The molecule has 1 aliphatic heterocycles. The molecule has 17 heavy (non-hydrogen) atoms. The molecule has 1 rings (SSSR count). The van der Waals surface area contributed by atoms with Crippen molar-refractivity contribution in [3.63, 3.8) is 0 Å². The summed E-state index contributed by atoms with van der Waals surface area (Å²) in [5, 5.41) is 3.12. The maximum Gasteiger partial charge on any atom is 0.322 e. The van der Waals surface area contributed by atoms with Crippen LogP contribution in [0.2, 0.25) is 0 Å². The smallest absolute Gasteiger partial charge is 0.322 e. The van der Waals surface area contributed by atoms with E-state index in [1.807, 2.05) is 13.8 Å². The van der Waals surface area contributed by atoms with Gasteiger partial charge in [-0.1, -0.05) is 0 Å². The zero-order valence-corrected chi connectivity index (χ0v) is 11.0. The van der Waals surface area contributed by atoms with Crippen molar-refractivity contribution >= 4 is 5.97 Å². The van der Waals surface area contributed by atoms with Crippen LogP contribution in [0.3, 0.4) is 0 Å². The lowest BCUT2D eigenvalue weighted by Gasteiger charge is -2.22. The summed E-state index contributed by atoms with van der Waals surface area (Å²) in [6.45, 7) is 8.08. The van der Waals surface area contributed by atoms with Crippen molar-refractivity contribution in [1.29, 1.82) is 0 Å². The lowest BCUT2D eigenvalue weighted by atomic mass is 10.1. The molecule has 1 aliphatic rings. The molecule has 0 aromatic carbocycles. The molecule has 1 N–H and O–H groups in total. The predicted octanol–water partition coefficient (Wildman–Crippen LogP) is 1.07. The molecule has 1 saturated heterocycles. The Bertz CT molecular complexity index is 239. The summed E-state index contributed by atoms with van der Waals surface area (Å²) in [4.78, 5) is 11.3. The van der Waals surface area contributed by atoms with Crippen molar-refractivity contribution in [2.75, 3.05) is 26.4 Å². The van der Waals surface area contributed by atoms with Crippen LogP contribution in [0.5, 0.6) is 0 Å². The summed E-state index contributed by atoms with van der Waals surface area (Å²) in [5.74, 6) is -0.637. The third kappa shape index (κ3) is 5.02. The van der Waals surface area contributed by atoms with Gasteiger partial charge in [0.05, 0.1) is 19.8 Å². The van der Waals surface area contributed by atoms with Gasteiger partial charge >= 0.3 is 5.97 Å². The molecule has 0 radical (unpaired) electrons. The first kappa shape index (κ1) is 14.4. The molecule has 5 heteroatoms. The highest BCUT2D eigenvalue weighted by Gasteiger charge is 2.30. The maximum atomic E-state index is 11.3. The van der Waals surface area contributed by atoms with Gasteiger partial charge in [-0.05, 0) is 33.7 Å². The Morgan fingerprint density at radius 3 is 2.71 bits per heavy atom. The second kappa shape index (κ2) is 6.93. The van der Waals surface area contributed by atoms with E-state index in [1.165, 1.54) is 0 Å². The molecule has 100 valence electrons. The van der Waals surface area contributed by atoms with E-state index in [2.05, 4.69) is 5.32 Å². The molecule has 1 fully saturated rings. The molecule has 0 aromatic heterocycles. The van der Waals surface area contributed by atoms with Crippen LogP contribution in [0.4, 0.5) is 0 Å². The number of nitrogens with one attached hydrogen (secondary N) is 1. The normalized spacial score (nSPS) is 20.2. The Hall–Kier alpha value is -0.650. The van der Waals surface area contributed by atoms with Crippen LogP contribution in [0.15, 0.2) is 0 Å². The second-order valence-electron chi connectivity index (χ2n) is 4.36. The predicted molar refractivity (Wildman–Crippen MR) is 63.6 cm³/mol. The highest BCUT2D eigenvalue weighted by atomic mass is 16.7. The van der Waals surface area contributed by atoms with Crippen LogP contribution in [-0.2, 0) is 19.0 Å². The van der Waals surface area contributed by atoms with Crippen molar-refractivity contribution in [2.45, 2.75) is 45.4 Å². The molecule has 0 amide bonds. The van der Waals surface area contributed by atoms with Gasteiger partial charge in [-0.25, -0.2) is 0 Å². The van der Waals surface area contributed by atoms with Gasteiger partial charge in [-0.15, -0.1) is 0 Å². The van der Waals surface area contributed by atoms with Crippen LogP contribution in [0.25, 0.3) is 0 Å². The molecule has 0 saturated carbocycles. The molecule has 1 atom stereocenters. The van der Waals surface area contributed by atoms with Crippen molar-refractivity contribution < 1.29 is 19.0 Å². The highest BCUT2D eigenvalue weighted by Crippen LogP contribution is 2.23. The number of carbonyl (C=O) groups is 1. The summed E-state index contributed by atoms with van der Waals surface area (Å²) in [5.41, 5.74) is 0. The van der Waals surface area contributed by atoms with Crippen LogP contribution in [-0.4, -0.2) is 44.2 Å². The van der Waals surface area contributed by atoms with Crippen LogP contribution < -0.4 is 5.32 Å². The third-order valence-electron chi connectivity index (χ3n) is 2.80. The van der Waals surface area contributed by atoms with E-state index >= 15 is 0 Å². The summed E-state index contributed by atoms with van der Waals surface area (Å²) in [6, 6.07) is -0.256. The first-order valence-corrected chi connectivity index (χ1v) is 6.25. The molecule has 5 nitrogen and oxygen atoms in total. The summed E-state index contributed by atoms with van der Waals surface area (Å²) >= 11 is 0. The van der Waals surface area contributed by atoms with Crippen molar-refractivity contribution in [3.05, 3.63) is 0 Å². The van der Waals surface area contributed by atoms with E-state index in [-0.39, 0.29) is 12.0 Å². The minimum atomic E-state index is -0.436. The van der Waals surface area contributed by atoms with Crippen LogP contribution in [0.1, 0.15) is 33.6 Å². The molecule has 0 spiro atoms. The Morgan fingerprint density at radius 2 is 2.12 bits per heavy atom. The van der Waals surface area contributed by atoms with Gasteiger partial charge in [0.1, 0.15) is 6.04 Å². The van der Waals surface area contributed by atoms with Crippen molar-refractivity contribution in [2.24, 2.45) is 0 Å². The molecule has 0 aromatic rings. The van der Waals surface area contributed by atoms with Gasteiger partial charge in [-0.3, -0.25) is 4.79 Å². The topological polar surface area (TPSA) is 56.8 Å². The van der Waals surface area contributed by atoms with Gasteiger partial charge in [0, 0.05) is 6.42 Å². The third-order valence-corrected chi connectivity index (χ3v) is 2.80. The van der Waals surface area contributed by atoms with E-state index in [1.54, 1.807) is 6.92 Å². The van der Waals surface area contributed by atoms with Gasteiger partial charge in [0.2, 0.25) is 0 Å². The van der Waals surface area contributed by atoms with Crippen molar-refractivity contribution in [3.8, 4) is 0 Å². The summed E-state index contributed by atoms with van der Waals surface area (Å²) in [6.07, 6.45) is 1.73. The highest BCUT2D eigenvalue weighted by molar-refractivity contribution is 5.75. The van der Waals surface area contributed by atoms with E-state index in [9.17, 15) is 4.79 Å². The number of ether oxygens (including phenoxy) is 3. The minimum absolute atomic E-state index is 0.202. The fourth-order valence-electron chi connectivity index (χ4n) is 1.78. The Labute approximate surface area is 103 Å². The first-order chi connectivity index (χ1) is 8.07. The molecule has 1 heterocycles. The SMILES string of the molecule is CCOC(=O)C(C)NCCCC1(C)OCCO1. The minimum Gasteiger partial charge on any atom is -0.465 e. The lowest BCUT2D eigenvalue weighted by molar-refractivity contribution is -0.147. The lowest BCUT2D eigenvalue weighted by Crippen LogP contribution is -2.37. The van der Waals surface area contributed by atoms with E-state index in [0.29, 0.717) is 19.8 Å². The molecule has 0 aliphatic carbocycles. The molecule has 1 unspecified atom stereocenters. The Kier molecular flexibility index (Phi) is 5.88. The second-order valence-corrected chi connectivity index (χ2v) is 4.36.